The molecule has 1 saturated carbocycles. The van der Waals surface area contributed by atoms with Crippen LogP contribution in [0, 0.1) is 6.92 Å². The molecule has 1 aliphatic rings. The molecule has 0 spiro atoms. The van der Waals surface area contributed by atoms with Gasteiger partial charge < -0.3 is 16.4 Å². The molecule has 110 valence electrons. The molecule has 0 atom stereocenters. The maximum atomic E-state index is 6.16. The molecule has 1 aliphatic carbocycles. The molecule has 0 aromatic carbocycles. The second-order valence-electron chi connectivity index (χ2n) is 5.46. The fourth-order valence-corrected chi connectivity index (χ4v) is 2.54. The summed E-state index contributed by atoms with van der Waals surface area (Å²) in [5, 5.41) is 6.55. The zero-order valence-electron chi connectivity index (χ0n) is 12.1. The number of rotatable bonds is 4. The van der Waals surface area contributed by atoms with E-state index in [-0.39, 0.29) is 0 Å². The van der Waals surface area contributed by atoms with Gasteiger partial charge in [0, 0.05) is 12.2 Å². The summed E-state index contributed by atoms with van der Waals surface area (Å²) in [5.74, 6) is 2.01. The Morgan fingerprint density at radius 2 is 1.86 bits per heavy atom. The van der Waals surface area contributed by atoms with Crippen LogP contribution in [0.2, 0.25) is 0 Å². The SMILES string of the molecule is Cc1ccc(Nc2ncnc(NC3CCCC3)c2N)nc1. The molecule has 2 aromatic heterocycles. The van der Waals surface area contributed by atoms with Crippen molar-refractivity contribution in [1.82, 2.24) is 15.0 Å². The number of nitrogens with zero attached hydrogens (tertiary/aromatic N) is 3. The number of nitrogen functional groups attached to an aromatic ring is 1. The number of hydrogen-bond acceptors (Lipinski definition) is 6. The molecule has 21 heavy (non-hydrogen) atoms. The summed E-state index contributed by atoms with van der Waals surface area (Å²) in [6, 6.07) is 4.36. The van der Waals surface area contributed by atoms with Gasteiger partial charge in [-0.3, -0.25) is 0 Å². The summed E-state index contributed by atoms with van der Waals surface area (Å²) in [6.07, 6.45) is 8.20. The minimum atomic E-state index is 0.465. The maximum absolute atomic E-state index is 6.16. The highest BCUT2D eigenvalue weighted by molar-refractivity contribution is 5.76. The van der Waals surface area contributed by atoms with Crippen LogP contribution >= 0.6 is 0 Å². The first-order valence-electron chi connectivity index (χ1n) is 7.29. The molecule has 6 nitrogen and oxygen atoms in total. The van der Waals surface area contributed by atoms with Gasteiger partial charge >= 0.3 is 0 Å². The highest BCUT2D eigenvalue weighted by Crippen LogP contribution is 2.28. The van der Waals surface area contributed by atoms with Crippen molar-refractivity contribution in [1.29, 1.82) is 0 Å². The van der Waals surface area contributed by atoms with Gasteiger partial charge in [-0.1, -0.05) is 18.9 Å². The highest BCUT2D eigenvalue weighted by atomic mass is 15.1. The molecular weight excluding hydrogens is 264 g/mol. The number of hydrogen-bond donors (Lipinski definition) is 3. The van der Waals surface area contributed by atoms with Crippen LogP contribution in [-0.2, 0) is 0 Å². The third-order valence-corrected chi connectivity index (χ3v) is 3.74. The lowest BCUT2D eigenvalue weighted by molar-refractivity contribution is 0.750. The first kappa shape index (κ1) is 13.6. The highest BCUT2D eigenvalue weighted by Gasteiger charge is 2.17. The van der Waals surface area contributed by atoms with E-state index >= 15 is 0 Å². The van der Waals surface area contributed by atoms with Crippen LogP contribution in [0.4, 0.5) is 23.1 Å². The third kappa shape index (κ3) is 3.21. The Morgan fingerprint density at radius 1 is 1.10 bits per heavy atom. The minimum absolute atomic E-state index is 0.465. The molecule has 2 aromatic rings. The fourth-order valence-electron chi connectivity index (χ4n) is 2.54. The number of nitrogens with two attached hydrogens (primary N) is 1. The van der Waals surface area contributed by atoms with Crippen molar-refractivity contribution in [3.8, 4) is 0 Å². The van der Waals surface area contributed by atoms with E-state index in [0.717, 1.165) is 11.4 Å². The van der Waals surface area contributed by atoms with Gasteiger partial charge in [-0.15, -0.1) is 0 Å². The molecule has 0 radical (unpaired) electrons. The Bertz CT molecular complexity index is 604. The molecule has 2 heterocycles. The van der Waals surface area contributed by atoms with Gasteiger partial charge in [0.2, 0.25) is 0 Å². The monoisotopic (exact) mass is 284 g/mol. The molecule has 0 aliphatic heterocycles. The summed E-state index contributed by atoms with van der Waals surface area (Å²) in [5.41, 5.74) is 7.81. The zero-order chi connectivity index (χ0) is 14.7. The van der Waals surface area contributed by atoms with Crippen LogP contribution in [0.5, 0.6) is 0 Å². The lowest BCUT2D eigenvalue weighted by atomic mass is 10.2. The predicted molar refractivity (Wildman–Crippen MR) is 84.6 cm³/mol. The van der Waals surface area contributed by atoms with Crippen molar-refractivity contribution >= 4 is 23.1 Å². The van der Waals surface area contributed by atoms with E-state index in [0.29, 0.717) is 23.4 Å². The molecule has 0 saturated heterocycles. The van der Waals surface area contributed by atoms with Crippen LogP contribution in [0.3, 0.4) is 0 Å². The van der Waals surface area contributed by atoms with Crippen LogP contribution in [0.1, 0.15) is 31.2 Å². The second-order valence-corrected chi connectivity index (χ2v) is 5.46. The molecule has 0 amide bonds. The summed E-state index contributed by atoms with van der Waals surface area (Å²) >= 11 is 0. The van der Waals surface area contributed by atoms with E-state index in [4.69, 9.17) is 5.73 Å². The van der Waals surface area contributed by atoms with E-state index in [1.807, 2.05) is 19.1 Å². The van der Waals surface area contributed by atoms with Gasteiger partial charge in [0.15, 0.2) is 11.6 Å². The summed E-state index contributed by atoms with van der Waals surface area (Å²) in [6.45, 7) is 2.00. The quantitative estimate of drug-likeness (QED) is 0.800. The Hall–Kier alpha value is -2.37. The largest absolute Gasteiger partial charge is 0.393 e. The van der Waals surface area contributed by atoms with Gasteiger partial charge in [0.25, 0.3) is 0 Å². The molecule has 4 N–H and O–H groups in total. The smallest absolute Gasteiger partial charge is 0.160 e. The lowest BCUT2D eigenvalue weighted by Crippen LogP contribution is -2.17. The third-order valence-electron chi connectivity index (χ3n) is 3.74. The summed E-state index contributed by atoms with van der Waals surface area (Å²) < 4.78 is 0. The molecule has 0 bridgehead atoms. The fraction of sp³-hybridized carbons (Fsp3) is 0.400. The summed E-state index contributed by atoms with van der Waals surface area (Å²) in [4.78, 5) is 12.8. The predicted octanol–water partition coefficient (Wildman–Crippen LogP) is 2.86. The first-order chi connectivity index (χ1) is 10.2. The molecule has 0 unspecified atom stereocenters. The van der Waals surface area contributed by atoms with Gasteiger partial charge in [-0.2, -0.15) is 0 Å². The van der Waals surface area contributed by atoms with E-state index in [2.05, 4.69) is 25.6 Å². The van der Waals surface area contributed by atoms with E-state index < -0.39 is 0 Å². The number of aryl methyl sites for hydroxylation is 1. The van der Waals surface area contributed by atoms with E-state index in [1.165, 1.54) is 32.0 Å². The van der Waals surface area contributed by atoms with Crippen molar-refractivity contribution in [2.24, 2.45) is 0 Å². The van der Waals surface area contributed by atoms with Crippen molar-refractivity contribution in [3.05, 3.63) is 30.2 Å². The number of aromatic nitrogens is 3. The molecule has 3 rings (SSSR count). The normalized spacial score (nSPS) is 15.1. The zero-order valence-corrected chi connectivity index (χ0v) is 12.1. The first-order valence-corrected chi connectivity index (χ1v) is 7.29. The van der Waals surface area contributed by atoms with Gasteiger partial charge in [-0.05, 0) is 31.4 Å². The van der Waals surface area contributed by atoms with Crippen molar-refractivity contribution in [2.45, 2.75) is 38.6 Å². The van der Waals surface area contributed by atoms with E-state index in [9.17, 15) is 0 Å². The van der Waals surface area contributed by atoms with Crippen LogP contribution < -0.4 is 16.4 Å². The standard InChI is InChI=1S/C15H20N6/c1-10-6-7-12(17-8-10)21-15-13(16)14(18-9-19-15)20-11-4-2-3-5-11/h6-9,11H,2-5,16H2,1H3,(H2,17,18,19,20,21). The Morgan fingerprint density at radius 3 is 2.57 bits per heavy atom. The van der Waals surface area contributed by atoms with Gasteiger partial charge in [0.05, 0.1) is 0 Å². The minimum Gasteiger partial charge on any atom is -0.393 e. The topological polar surface area (TPSA) is 88.8 Å². The molecule has 6 heteroatoms. The maximum Gasteiger partial charge on any atom is 0.160 e. The van der Waals surface area contributed by atoms with Crippen molar-refractivity contribution < 1.29 is 0 Å². The average Bonchev–Trinajstić information content (AvgIpc) is 2.99. The second kappa shape index (κ2) is 5.95. The Balaban J connectivity index is 1.77. The Kier molecular flexibility index (Phi) is 3.85. The van der Waals surface area contributed by atoms with E-state index in [1.54, 1.807) is 6.20 Å². The van der Waals surface area contributed by atoms with Gasteiger partial charge in [0.1, 0.15) is 17.8 Å². The average molecular weight is 284 g/mol. The van der Waals surface area contributed by atoms with Crippen LogP contribution in [-0.4, -0.2) is 21.0 Å². The molecular formula is C15H20N6. The number of nitrogens with one attached hydrogen (secondary N) is 2. The van der Waals surface area contributed by atoms with Crippen molar-refractivity contribution in [2.75, 3.05) is 16.4 Å². The number of pyridine rings is 1. The van der Waals surface area contributed by atoms with Gasteiger partial charge in [-0.25, -0.2) is 15.0 Å². The summed E-state index contributed by atoms with van der Waals surface area (Å²) in [7, 11) is 0. The van der Waals surface area contributed by atoms with Crippen LogP contribution in [0.15, 0.2) is 24.7 Å². The van der Waals surface area contributed by atoms with Crippen molar-refractivity contribution in [3.63, 3.8) is 0 Å². The number of anilines is 4. The Labute approximate surface area is 124 Å². The molecule has 1 fully saturated rings. The van der Waals surface area contributed by atoms with Crippen LogP contribution in [0.25, 0.3) is 0 Å². The lowest BCUT2D eigenvalue weighted by Gasteiger charge is -2.16.